The van der Waals surface area contributed by atoms with Gasteiger partial charge in [-0.05, 0) is 73.7 Å². The lowest BCUT2D eigenvalue weighted by Crippen LogP contribution is -2.70. The standard InChI is InChI=1S/C35H34ClF3O8/c1-18-12-23-24-15-27(38)25-13-20(40)10-11-32(25,2)34(24,39)29(42)16-33(23,3)35(18,31(44)45-17-37)47-30(43)19-4-6-21(7-5-19)46-22-8-9-28(41)26(36)14-22/h4-11,14,18,23-24,29,41-42H,12-13,15-17H2,1-3H3/t18-,23+,24+,29+,32+,33+,34+,35+/m1/s1. The third kappa shape index (κ3) is 4.71. The van der Waals surface area contributed by atoms with Gasteiger partial charge in [-0.1, -0.05) is 31.5 Å². The van der Waals surface area contributed by atoms with Gasteiger partial charge in [-0.2, -0.15) is 0 Å². The lowest BCUT2D eigenvalue weighted by atomic mass is 9.45. The summed E-state index contributed by atoms with van der Waals surface area (Å²) in [5.41, 5.74) is -7.72. The number of alkyl halides is 2. The Morgan fingerprint density at radius 1 is 1.09 bits per heavy atom. The summed E-state index contributed by atoms with van der Waals surface area (Å²) in [5, 5.41) is 21.4. The van der Waals surface area contributed by atoms with Gasteiger partial charge in [0.05, 0.1) is 16.7 Å². The molecule has 0 amide bonds. The molecule has 8 atom stereocenters. The minimum atomic E-state index is -2.42. The van der Waals surface area contributed by atoms with Crippen LogP contribution in [0.4, 0.5) is 13.2 Å². The quantitative estimate of drug-likeness (QED) is 0.311. The molecule has 0 aliphatic heterocycles. The van der Waals surface area contributed by atoms with Gasteiger partial charge in [0.25, 0.3) is 0 Å². The Morgan fingerprint density at radius 2 is 1.77 bits per heavy atom. The van der Waals surface area contributed by atoms with E-state index in [2.05, 4.69) is 0 Å². The normalized spacial score (nSPS) is 35.9. The van der Waals surface area contributed by atoms with Crippen LogP contribution < -0.4 is 4.74 Å². The van der Waals surface area contributed by atoms with Crippen LogP contribution in [-0.4, -0.2) is 52.2 Å². The van der Waals surface area contributed by atoms with E-state index < -0.39 is 83.4 Å². The van der Waals surface area contributed by atoms with Crippen molar-refractivity contribution in [1.82, 2.24) is 0 Å². The minimum Gasteiger partial charge on any atom is -0.506 e. The number of allylic oxidation sites excluding steroid dienone is 4. The number of ether oxygens (including phenoxy) is 3. The van der Waals surface area contributed by atoms with Gasteiger partial charge in [-0.15, -0.1) is 0 Å². The second kappa shape index (κ2) is 11.4. The van der Waals surface area contributed by atoms with Gasteiger partial charge in [0.1, 0.15) is 23.1 Å². The van der Waals surface area contributed by atoms with Crippen LogP contribution in [0.15, 0.2) is 66.0 Å². The number of aliphatic hydroxyl groups excluding tert-OH is 1. The molecule has 12 heteroatoms. The van der Waals surface area contributed by atoms with Crippen molar-refractivity contribution in [2.75, 3.05) is 6.86 Å². The predicted molar refractivity (Wildman–Crippen MR) is 163 cm³/mol. The molecule has 2 saturated carbocycles. The Hall–Kier alpha value is -3.83. The fourth-order valence-electron chi connectivity index (χ4n) is 8.90. The molecule has 8 nitrogen and oxygen atoms in total. The van der Waals surface area contributed by atoms with Crippen molar-refractivity contribution in [1.29, 1.82) is 0 Å². The Kier molecular flexibility index (Phi) is 8.03. The van der Waals surface area contributed by atoms with Crippen LogP contribution in [0.25, 0.3) is 0 Å². The molecule has 0 radical (unpaired) electrons. The smallest absolute Gasteiger partial charge is 0.353 e. The topological polar surface area (TPSA) is 119 Å². The molecular formula is C35H34ClF3O8. The number of phenolic OH excluding ortho intramolecular Hbond substituents is 1. The third-order valence-corrected chi connectivity index (χ3v) is 11.5. The summed E-state index contributed by atoms with van der Waals surface area (Å²) >= 11 is 5.94. The van der Waals surface area contributed by atoms with Gasteiger partial charge in [-0.3, -0.25) is 4.79 Å². The van der Waals surface area contributed by atoms with E-state index in [-0.39, 0.29) is 40.5 Å². The fraction of sp³-hybridized carbons (Fsp3) is 0.457. The van der Waals surface area contributed by atoms with Crippen LogP contribution in [0.2, 0.25) is 5.02 Å². The molecule has 0 unspecified atom stereocenters. The summed E-state index contributed by atoms with van der Waals surface area (Å²) in [4.78, 5) is 39.6. The molecule has 2 aromatic carbocycles. The number of aliphatic hydroxyl groups is 1. The zero-order chi connectivity index (χ0) is 34.1. The lowest BCUT2D eigenvalue weighted by Gasteiger charge is -2.62. The zero-order valence-electron chi connectivity index (χ0n) is 25.9. The van der Waals surface area contributed by atoms with Gasteiger partial charge in [-0.25, -0.2) is 22.8 Å². The van der Waals surface area contributed by atoms with Crippen molar-refractivity contribution in [3.05, 3.63) is 76.6 Å². The van der Waals surface area contributed by atoms with Crippen molar-refractivity contribution >= 4 is 29.3 Å². The minimum absolute atomic E-state index is 0.00441. The fourth-order valence-corrected chi connectivity index (χ4v) is 9.07. The molecule has 0 spiro atoms. The molecule has 0 bridgehead atoms. The van der Waals surface area contributed by atoms with E-state index in [4.69, 9.17) is 25.8 Å². The Morgan fingerprint density at radius 3 is 2.43 bits per heavy atom. The van der Waals surface area contributed by atoms with Crippen LogP contribution >= 0.6 is 11.6 Å². The van der Waals surface area contributed by atoms with Gasteiger partial charge >= 0.3 is 11.9 Å². The number of fused-ring (bicyclic) bond motifs is 5. The van der Waals surface area contributed by atoms with E-state index >= 15 is 8.78 Å². The predicted octanol–water partition coefficient (Wildman–Crippen LogP) is 7.12. The molecule has 4 aliphatic rings. The SMILES string of the molecule is C[C@@H]1C[C@H]2[C@@H]3CC(F)=C4CC(=O)C=C[C@]4(C)[C@@]3(F)[C@@H](O)C[C@]2(C)[C@@]1(OC(=O)c1ccc(Oc2ccc(O)c(Cl)c2)cc1)C(=O)OCF. The van der Waals surface area contributed by atoms with E-state index in [0.29, 0.717) is 11.5 Å². The van der Waals surface area contributed by atoms with Gasteiger partial charge in [0.2, 0.25) is 12.5 Å². The zero-order valence-corrected chi connectivity index (χ0v) is 26.7. The average molecular weight is 675 g/mol. The molecule has 0 heterocycles. The molecular weight excluding hydrogens is 641 g/mol. The van der Waals surface area contributed by atoms with Crippen molar-refractivity contribution < 1.29 is 52.0 Å². The molecule has 2 aromatic rings. The summed E-state index contributed by atoms with van der Waals surface area (Å²) in [7, 11) is 0. The van der Waals surface area contributed by atoms with Crippen LogP contribution in [0.3, 0.4) is 0 Å². The number of rotatable bonds is 6. The van der Waals surface area contributed by atoms with E-state index in [1.807, 2.05) is 0 Å². The Balaban J connectivity index is 1.35. The highest BCUT2D eigenvalue weighted by molar-refractivity contribution is 6.32. The van der Waals surface area contributed by atoms with Crippen molar-refractivity contribution in [3.63, 3.8) is 0 Å². The second-order valence-electron chi connectivity index (χ2n) is 13.4. The van der Waals surface area contributed by atoms with Crippen molar-refractivity contribution in [3.8, 4) is 17.2 Å². The van der Waals surface area contributed by atoms with E-state index in [1.165, 1.54) is 61.5 Å². The first-order chi connectivity index (χ1) is 22.1. The first kappa shape index (κ1) is 33.1. The number of halogens is 4. The molecule has 6 rings (SSSR count). The number of ketones is 1. The highest BCUT2D eigenvalue weighted by Gasteiger charge is 2.78. The van der Waals surface area contributed by atoms with Gasteiger partial charge < -0.3 is 24.4 Å². The summed E-state index contributed by atoms with van der Waals surface area (Å²) in [6.45, 7) is 3.12. The molecule has 0 aromatic heterocycles. The number of hydrogen-bond donors (Lipinski definition) is 2. The van der Waals surface area contributed by atoms with E-state index in [1.54, 1.807) is 13.8 Å². The average Bonchev–Trinajstić information content (AvgIpc) is 3.24. The largest absolute Gasteiger partial charge is 0.506 e. The molecule has 2 fully saturated rings. The highest BCUT2D eigenvalue weighted by atomic mass is 35.5. The first-order valence-electron chi connectivity index (χ1n) is 15.3. The van der Waals surface area contributed by atoms with E-state index in [0.717, 1.165) is 0 Å². The van der Waals surface area contributed by atoms with Crippen LogP contribution in [0.5, 0.6) is 17.2 Å². The Labute approximate surface area is 274 Å². The number of aromatic hydroxyl groups is 1. The number of benzene rings is 2. The monoisotopic (exact) mass is 674 g/mol. The first-order valence-corrected chi connectivity index (χ1v) is 15.7. The van der Waals surface area contributed by atoms with Crippen LogP contribution in [0, 0.1) is 28.6 Å². The number of phenols is 1. The van der Waals surface area contributed by atoms with Gasteiger partial charge in [0, 0.05) is 41.6 Å². The molecule has 2 N–H and O–H groups in total. The highest BCUT2D eigenvalue weighted by Crippen LogP contribution is 2.71. The summed E-state index contributed by atoms with van der Waals surface area (Å²) in [6, 6.07) is 9.95. The molecule has 4 aliphatic carbocycles. The van der Waals surface area contributed by atoms with Gasteiger partial charge in [0.15, 0.2) is 11.5 Å². The maximum absolute atomic E-state index is 17.6. The summed E-state index contributed by atoms with van der Waals surface area (Å²) < 4.78 is 63.6. The van der Waals surface area contributed by atoms with Crippen LogP contribution in [0.1, 0.15) is 56.8 Å². The lowest BCUT2D eigenvalue weighted by molar-refractivity contribution is -0.227. The maximum atomic E-state index is 17.6. The number of carbonyl (C=O) groups excluding carboxylic acids is 3. The summed E-state index contributed by atoms with van der Waals surface area (Å²) in [5.74, 6) is -5.49. The third-order valence-electron chi connectivity index (χ3n) is 11.2. The summed E-state index contributed by atoms with van der Waals surface area (Å²) in [6.07, 6.45) is -0.291. The molecule has 47 heavy (non-hydrogen) atoms. The van der Waals surface area contributed by atoms with Crippen molar-refractivity contribution in [2.45, 2.75) is 63.8 Å². The maximum Gasteiger partial charge on any atom is 0.353 e. The van der Waals surface area contributed by atoms with E-state index in [9.17, 15) is 29.0 Å². The second-order valence-corrected chi connectivity index (χ2v) is 13.8. The number of hydrogen-bond acceptors (Lipinski definition) is 8. The molecule has 250 valence electrons. The van der Waals surface area contributed by atoms with Crippen LogP contribution in [-0.2, 0) is 19.1 Å². The molecule has 0 saturated heterocycles. The van der Waals surface area contributed by atoms with Crippen molar-refractivity contribution in [2.24, 2.45) is 28.6 Å². The number of esters is 2. The number of carbonyl (C=O) groups is 3. The Bertz CT molecular complexity index is 1710.